The summed E-state index contributed by atoms with van der Waals surface area (Å²) in [6.07, 6.45) is 1.65. The van der Waals surface area contributed by atoms with E-state index in [1.54, 1.807) is 31.3 Å². The van der Waals surface area contributed by atoms with Crippen molar-refractivity contribution in [2.45, 2.75) is 32.9 Å². The fourth-order valence-electron chi connectivity index (χ4n) is 2.83. The van der Waals surface area contributed by atoms with Gasteiger partial charge < -0.3 is 14.0 Å². The first-order valence-electron chi connectivity index (χ1n) is 9.13. The average molecular weight is 421 g/mol. The Balaban J connectivity index is 1.75. The van der Waals surface area contributed by atoms with E-state index < -0.39 is 17.2 Å². The normalized spacial score (nSPS) is 11.0. The van der Waals surface area contributed by atoms with Gasteiger partial charge in [0.15, 0.2) is 17.8 Å². The summed E-state index contributed by atoms with van der Waals surface area (Å²) in [5.41, 5.74) is -0.523. The van der Waals surface area contributed by atoms with Gasteiger partial charge in [-0.25, -0.2) is 14.6 Å². The number of rotatable bonds is 8. The highest BCUT2D eigenvalue weighted by atomic mass is 35.5. The number of fused-ring (bicyclic) bond motifs is 1. The summed E-state index contributed by atoms with van der Waals surface area (Å²) < 4.78 is 13.5. The maximum atomic E-state index is 12.2. The van der Waals surface area contributed by atoms with Crippen LogP contribution in [0.15, 0.2) is 33.9 Å². The summed E-state index contributed by atoms with van der Waals surface area (Å²) in [5.74, 6) is 0.0991. The molecule has 0 bridgehead atoms. The minimum atomic E-state index is -0.616. The van der Waals surface area contributed by atoms with Crippen molar-refractivity contribution in [3.63, 3.8) is 0 Å². The van der Waals surface area contributed by atoms with Gasteiger partial charge in [-0.05, 0) is 18.6 Å². The Morgan fingerprint density at radius 3 is 2.76 bits per heavy atom. The van der Waals surface area contributed by atoms with Crippen molar-refractivity contribution in [1.29, 1.82) is 0 Å². The summed E-state index contributed by atoms with van der Waals surface area (Å²) >= 11 is 5.97. The number of ether oxygens (including phenoxy) is 2. The third-order valence-corrected chi connectivity index (χ3v) is 4.70. The van der Waals surface area contributed by atoms with Crippen molar-refractivity contribution < 1.29 is 14.3 Å². The van der Waals surface area contributed by atoms with Gasteiger partial charge in [0, 0.05) is 13.6 Å². The van der Waals surface area contributed by atoms with E-state index in [9.17, 15) is 14.4 Å². The van der Waals surface area contributed by atoms with E-state index in [-0.39, 0.29) is 24.4 Å². The van der Waals surface area contributed by atoms with Crippen LogP contribution in [-0.2, 0) is 29.7 Å². The van der Waals surface area contributed by atoms with Crippen LogP contribution in [0.4, 0.5) is 0 Å². The number of carbonyl (C=O) groups is 1. The highest BCUT2D eigenvalue weighted by molar-refractivity contribution is 6.32. The van der Waals surface area contributed by atoms with E-state index in [4.69, 9.17) is 21.1 Å². The number of aromatic nitrogens is 4. The van der Waals surface area contributed by atoms with Gasteiger partial charge in [0.1, 0.15) is 18.2 Å². The van der Waals surface area contributed by atoms with Crippen LogP contribution in [0.5, 0.6) is 5.75 Å². The van der Waals surface area contributed by atoms with Gasteiger partial charge in [0.25, 0.3) is 5.56 Å². The Labute approximate surface area is 170 Å². The van der Waals surface area contributed by atoms with Crippen LogP contribution in [0, 0.1) is 0 Å². The monoisotopic (exact) mass is 420 g/mol. The fraction of sp³-hybridized carbons (Fsp3) is 0.368. The third-order valence-electron chi connectivity index (χ3n) is 4.39. The third kappa shape index (κ3) is 4.51. The topological polar surface area (TPSA) is 108 Å². The number of hydrogen-bond donors (Lipinski definition) is 1. The maximum Gasteiger partial charge on any atom is 0.344 e. The zero-order valence-electron chi connectivity index (χ0n) is 16.1. The summed E-state index contributed by atoms with van der Waals surface area (Å²) in [7, 11) is 1.63. The second-order valence-electron chi connectivity index (χ2n) is 6.40. The average Bonchev–Trinajstić information content (AvgIpc) is 3.02. The second-order valence-corrected chi connectivity index (χ2v) is 6.81. The van der Waals surface area contributed by atoms with Crippen molar-refractivity contribution in [2.24, 2.45) is 7.05 Å². The lowest BCUT2D eigenvalue weighted by Gasteiger charge is -2.08. The minimum Gasteiger partial charge on any atom is -0.480 e. The first-order valence-corrected chi connectivity index (χ1v) is 9.51. The fourth-order valence-corrected chi connectivity index (χ4v) is 3.02. The van der Waals surface area contributed by atoms with Gasteiger partial charge in [-0.15, -0.1) is 0 Å². The van der Waals surface area contributed by atoms with E-state index in [1.165, 1.54) is 9.13 Å². The number of nitrogens with zero attached hydrogens (tertiary/aromatic N) is 3. The molecule has 0 atom stereocenters. The van der Waals surface area contributed by atoms with Crippen molar-refractivity contribution in [3.05, 3.63) is 56.0 Å². The number of imidazole rings is 1. The zero-order chi connectivity index (χ0) is 21.0. The molecule has 0 amide bonds. The van der Waals surface area contributed by atoms with Gasteiger partial charge >= 0.3 is 11.7 Å². The largest absolute Gasteiger partial charge is 0.480 e. The molecule has 0 aliphatic rings. The van der Waals surface area contributed by atoms with E-state index in [0.29, 0.717) is 23.1 Å². The molecule has 0 spiro atoms. The number of halogens is 1. The number of nitrogens with one attached hydrogen (secondary N) is 1. The lowest BCUT2D eigenvalue weighted by Crippen LogP contribution is -2.31. The Hall–Kier alpha value is -3.07. The maximum absolute atomic E-state index is 12.2. The van der Waals surface area contributed by atoms with Crippen molar-refractivity contribution in [2.75, 3.05) is 6.61 Å². The van der Waals surface area contributed by atoms with Crippen molar-refractivity contribution in [3.8, 4) is 5.75 Å². The number of benzene rings is 1. The number of H-pyrrole nitrogens is 1. The predicted molar refractivity (Wildman–Crippen MR) is 107 cm³/mol. The minimum absolute atomic E-state index is 0.169. The van der Waals surface area contributed by atoms with Gasteiger partial charge in [-0.1, -0.05) is 37.1 Å². The molecule has 3 aromatic rings. The molecule has 2 aromatic heterocycles. The molecule has 0 radical (unpaired) electrons. The highest BCUT2D eigenvalue weighted by Gasteiger charge is 2.17. The van der Waals surface area contributed by atoms with E-state index in [1.807, 2.05) is 6.92 Å². The van der Waals surface area contributed by atoms with Gasteiger partial charge in [0.05, 0.1) is 5.02 Å². The van der Waals surface area contributed by atoms with Gasteiger partial charge in [-0.3, -0.25) is 14.3 Å². The molecule has 1 N–H and O–H groups in total. The Morgan fingerprint density at radius 2 is 2.03 bits per heavy atom. The standard InChI is InChI=1S/C19H21ClN4O5/c1-3-4-9-24-17-16(18(26)22-19(24)27)23(2)14(21-17)10-29-15(25)11-28-13-8-6-5-7-12(13)20/h5-8H,3-4,9-11H2,1-2H3,(H,22,26,27). The molecule has 0 fully saturated rings. The quantitative estimate of drug-likeness (QED) is 0.558. The van der Waals surface area contributed by atoms with E-state index in [2.05, 4.69) is 9.97 Å². The number of carbonyl (C=O) groups excluding carboxylic acids is 1. The molecule has 0 aliphatic carbocycles. The summed E-state index contributed by atoms with van der Waals surface area (Å²) in [5, 5.41) is 0.389. The number of esters is 1. The Kier molecular flexibility index (Phi) is 6.38. The molecular formula is C19H21ClN4O5. The molecule has 154 valence electrons. The first kappa shape index (κ1) is 20.7. The van der Waals surface area contributed by atoms with E-state index >= 15 is 0 Å². The molecular weight excluding hydrogens is 400 g/mol. The second kappa shape index (κ2) is 8.95. The van der Waals surface area contributed by atoms with Crippen LogP contribution in [-0.4, -0.2) is 31.7 Å². The number of unbranched alkanes of at least 4 members (excludes halogenated alkanes) is 1. The SMILES string of the molecule is CCCCn1c(=O)[nH]c(=O)c2c1nc(COC(=O)COc1ccccc1Cl)n2C. The van der Waals surface area contributed by atoms with Crippen LogP contribution in [0.25, 0.3) is 11.2 Å². The van der Waals surface area contributed by atoms with E-state index in [0.717, 1.165) is 12.8 Å². The van der Waals surface area contributed by atoms with Crippen LogP contribution in [0.1, 0.15) is 25.6 Å². The van der Waals surface area contributed by atoms with Gasteiger partial charge in [0.2, 0.25) is 0 Å². The lowest BCUT2D eigenvalue weighted by molar-refractivity contribution is -0.147. The molecule has 1 aromatic carbocycles. The highest BCUT2D eigenvalue weighted by Crippen LogP contribution is 2.23. The van der Waals surface area contributed by atoms with Gasteiger partial charge in [-0.2, -0.15) is 0 Å². The number of para-hydroxylation sites is 1. The molecule has 10 heteroatoms. The molecule has 2 heterocycles. The lowest BCUT2D eigenvalue weighted by atomic mass is 10.3. The van der Waals surface area contributed by atoms with Crippen molar-refractivity contribution >= 4 is 28.7 Å². The van der Waals surface area contributed by atoms with Crippen molar-refractivity contribution in [1.82, 2.24) is 19.1 Å². The molecule has 0 saturated heterocycles. The molecule has 0 unspecified atom stereocenters. The Morgan fingerprint density at radius 1 is 1.28 bits per heavy atom. The zero-order valence-corrected chi connectivity index (χ0v) is 16.9. The first-order chi connectivity index (χ1) is 13.9. The van der Waals surface area contributed by atoms with Crippen LogP contribution in [0.3, 0.4) is 0 Å². The summed E-state index contributed by atoms with van der Waals surface area (Å²) in [6.45, 7) is 1.94. The molecule has 0 aliphatic heterocycles. The molecule has 3 rings (SSSR count). The Bertz CT molecular complexity index is 1150. The molecule has 9 nitrogen and oxygen atoms in total. The number of hydrogen-bond acceptors (Lipinski definition) is 6. The van der Waals surface area contributed by atoms with Crippen LogP contribution < -0.4 is 16.0 Å². The molecule has 0 saturated carbocycles. The number of aryl methyl sites for hydroxylation is 2. The number of aromatic amines is 1. The predicted octanol–water partition coefficient (Wildman–Crippen LogP) is 2.00. The van der Waals surface area contributed by atoms with Crippen LogP contribution in [0.2, 0.25) is 5.02 Å². The smallest absolute Gasteiger partial charge is 0.344 e. The summed E-state index contributed by atoms with van der Waals surface area (Å²) in [6, 6.07) is 6.78. The molecule has 29 heavy (non-hydrogen) atoms. The van der Waals surface area contributed by atoms with Crippen LogP contribution >= 0.6 is 11.6 Å². The summed E-state index contributed by atoms with van der Waals surface area (Å²) in [4.78, 5) is 43.0.